The zero-order valence-electron chi connectivity index (χ0n) is 15.3. The van der Waals surface area contributed by atoms with Gasteiger partial charge in [-0.3, -0.25) is 9.10 Å². The van der Waals surface area contributed by atoms with Crippen LogP contribution in [0.15, 0.2) is 83.4 Å². The summed E-state index contributed by atoms with van der Waals surface area (Å²) in [5, 5.41) is 0. The molecule has 0 radical (unpaired) electrons. The molecule has 0 atom stereocenters. The van der Waals surface area contributed by atoms with E-state index in [9.17, 15) is 13.2 Å². The predicted molar refractivity (Wildman–Crippen MR) is 107 cm³/mol. The van der Waals surface area contributed by atoms with Crippen molar-refractivity contribution in [2.75, 3.05) is 6.54 Å². The van der Waals surface area contributed by atoms with Gasteiger partial charge in [0.2, 0.25) is 5.78 Å². The molecule has 0 spiro atoms. The van der Waals surface area contributed by atoms with E-state index in [0.717, 1.165) is 11.1 Å². The third-order valence-corrected chi connectivity index (χ3v) is 6.33. The first-order valence-electron chi connectivity index (χ1n) is 9.03. The van der Waals surface area contributed by atoms with Crippen LogP contribution in [0.5, 0.6) is 0 Å². The molecule has 0 unspecified atom stereocenters. The van der Waals surface area contributed by atoms with E-state index < -0.39 is 10.0 Å². The summed E-state index contributed by atoms with van der Waals surface area (Å²) in [4.78, 5) is 12.9. The van der Waals surface area contributed by atoms with Crippen molar-refractivity contribution in [3.8, 4) is 0 Å². The zero-order chi connectivity index (χ0) is 19.3. The van der Waals surface area contributed by atoms with Gasteiger partial charge >= 0.3 is 0 Å². The van der Waals surface area contributed by atoms with Gasteiger partial charge in [-0.25, -0.2) is 8.42 Å². The lowest BCUT2D eigenvalue weighted by atomic mass is 10.1. The lowest BCUT2D eigenvalue weighted by Gasteiger charge is -2.28. The van der Waals surface area contributed by atoms with E-state index in [1.165, 1.54) is 10.4 Å². The molecule has 2 aromatic carbocycles. The number of hydrogen-bond donors (Lipinski definition) is 0. The van der Waals surface area contributed by atoms with Gasteiger partial charge in [0.1, 0.15) is 0 Å². The van der Waals surface area contributed by atoms with E-state index in [-0.39, 0.29) is 16.4 Å². The predicted octanol–water partition coefficient (Wildman–Crippen LogP) is 4.03. The Morgan fingerprint density at radius 3 is 2.48 bits per heavy atom. The second kappa shape index (κ2) is 8.35. The Balaban J connectivity index is 1.79. The maximum Gasteiger partial charge on any atom is 0.264 e. The monoisotopic (exact) mass is 381 g/mol. The fourth-order valence-corrected chi connectivity index (χ4v) is 4.54. The minimum absolute atomic E-state index is 0.210. The van der Waals surface area contributed by atoms with Crippen molar-refractivity contribution in [1.82, 2.24) is 4.31 Å². The summed E-state index contributed by atoms with van der Waals surface area (Å²) in [6, 6.07) is 16.5. The third kappa shape index (κ3) is 4.55. The molecule has 0 N–H and O–H groups in total. The highest BCUT2D eigenvalue weighted by atomic mass is 32.2. The molecule has 27 heavy (non-hydrogen) atoms. The largest absolute Gasteiger partial charge is 0.288 e. The van der Waals surface area contributed by atoms with E-state index in [4.69, 9.17) is 0 Å². The summed E-state index contributed by atoms with van der Waals surface area (Å²) in [7, 11) is -3.74. The Morgan fingerprint density at radius 2 is 1.78 bits per heavy atom. The minimum atomic E-state index is -3.74. The molecule has 0 aromatic heterocycles. The van der Waals surface area contributed by atoms with E-state index in [1.54, 1.807) is 36.4 Å². The quantitative estimate of drug-likeness (QED) is 0.710. The molecule has 3 rings (SSSR count). The molecule has 1 heterocycles. The summed E-state index contributed by atoms with van der Waals surface area (Å²) >= 11 is 0. The average molecular weight is 381 g/mol. The molecular weight excluding hydrogens is 358 g/mol. The van der Waals surface area contributed by atoms with Crippen LogP contribution < -0.4 is 0 Å². The number of carbonyl (C=O) groups is 1. The van der Waals surface area contributed by atoms with Gasteiger partial charge < -0.3 is 0 Å². The van der Waals surface area contributed by atoms with Crippen LogP contribution in [-0.4, -0.2) is 25.1 Å². The van der Waals surface area contributed by atoms with Crippen LogP contribution in [0.1, 0.15) is 24.0 Å². The number of allylic oxidation sites excluding steroid dienone is 3. The van der Waals surface area contributed by atoms with E-state index in [2.05, 4.69) is 0 Å². The summed E-state index contributed by atoms with van der Waals surface area (Å²) in [6.07, 6.45) is 7.02. The van der Waals surface area contributed by atoms with Gasteiger partial charge in [-0.05, 0) is 50.0 Å². The van der Waals surface area contributed by atoms with Crippen molar-refractivity contribution >= 4 is 15.8 Å². The minimum Gasteiger partial charge on any atom is -0.288 e. The molecular formula is C22H23NO3S. The van der Waals surface area contributed by atoms with Gasteiger partial charge in [0, 0.05) is 6.54 Å². The van der Waals surface area contributed by atoms with Crippen LogP contribution in [0.3, 0.4) is 0 Å². The second-order valence-corrected chi connectivity index (χ2v) is 8.44. The van der Waals surface area contributed by atoms with Crippen LogP contribution in [0, 0.1) is 6.92 Å². The molecule has 0 bridgehead atoms. The van der Waals surface area contributed by atoms with Gasteiger partial charge in [-0.2, -0.15) is 0 Å². The number of carbonyl (C=O) groups excluding carboxylic acids is 1. The average Bonchev–Trinajstić information content (AvgIpc) is 2.69. The summed E-state index contributed by atoms with van der Waals surface area (Å²) in [5.41, 5.74) is 2.33. The molecule has 0 saturated carbocycles. The Hall–Kier alpha value is -2.66. The zero-order valence-corrected chi connectivity index (χ0v) is 16.2. The second-order valence-electron chi connectivity index (χ2n) is 6.58. The summed E-state index contributed by atoms with van der Waals surface area (Å²) in [6.45, 7) is 2.23. The van der Waals surface area contributed by atoms with Gasteiger partial charge in [-0.15, -0.1) is 0 Å². The van der Waals surface area contributed by atoms with Crippen molar-refractivity contribution in [3.63, 3.8) is 0 Å². The normalized spacial score (nSPS) is 15.0. The molecule has 1 aliphatic rings. The summed E-state index contributed by atoms with van der Waals surface area (Å²) < 4.78 is 27.3. The first-order chi connectivity index (χ1) is 13.0. The highest BCUT2D eigenvalue weighted by molar-refractivity contribution is 7.89. The fourth-order valence-electron chi connectivity index (χ4n) is 3.01. The Labute approximate surface area is 160 Å². The number of nitrogens with zero attached hydrogens (tertiary/aromatic N) is 1. The van der Waals surface area contributed by atoms with E-state index in [0.29, 0.717) is 25.8 Å². The number of rotatable bonds is 6. The molecule has 140 valence electrons. The van der Waals surface area contributed by atoms with Crippen LogP contribution >= 0.6 is 0 Å². The number of ketones is 1. The molecule has 0 aliphatic carbocycles. The number of hydrogen-bond acceptors (Lipinski definition) is 3. The lowest BCUT2D eigenvalue weighted by Crippen LogP contribution is -2.36. The lowest BCUT2D eigenvalue weighted by molar-refractivity contribution is -0.112. The number of sulfonamides is 1. The maximum absolute atomic E-state index is 13.0. The van der Waals surface area contributed by atoms with Gasteiger partial charge in [0.05, 0.1) is 10.6 Å². The van der Waals surface area contributed by atoms with Crippen molar-refractivity contribution in [3.05, 3.63) is 89.6 Å². The molecule has 1 aliphatic heterocycles. The molecule has 2 aromatic rings. The van der Waals surface area contributed by atoms with Crippen LogP contribution in [-0.2, 0) is 21.2 Å². The molecule has 5 heteroatoms. The van der Waals surface area contributed by atoms with Gasteiger partial charge in [-0.1, -0.05) is 60.2 Å². The number of benzene rings is 2. The molecule has 0 saturated heterocycles. The molecule has 4 nitrogen and oxygen atoms in total. The van der Waals surface area contributed by atoms with Crippen molar-refractivity contribution in [2.24, 2.45) is 0 Å². The molecule has 0 fully saturated rings. The highest BCUT2D eigenvalue weighted by Gasteiger charge is 2.30. The number of aryl methyl sites for hydroxylation is 1. The Morgan fingerprint density at radius 1 is 1.07 bits per heavy atom. The van der Waals surface area contributed by atoms with Crippen molar-refractivity contribution < 1.29 is 13.2 Å². The van der Waals surface area contributed by atoms with Crippen LogP contribution in [0.4, 0.5) is 0 Å². The Bertz CT molecular complexity index is 958. The first kappa shape index (κ1) is 19.1. The van der Waals surface area contributed by atoms with Crippen LogP contribution in [0.2, 0.25) is 0 Å². The SMILES string of the molecule is Cc1ccc(S(=O)(=O)N2CCCC=C2C(=O)/C=C/Cc2ccccc2)cc1. The highest BCUT2D eigenvalue weighted by Crippen LogP contribution is 2.25. The standard InChI is InChI=1S/C22H23NO3S/c1-18-13-15-20(16-14-18)27(25,26)23-17-6-5-11-21(23)22(24)12-7-10-19-8-3-2-4-9-19/h2-4,7-9,11-16H,5-6,10,17H2,1H3/b12-7+. The fraction of sp³-hybridized carbons (Fsp3) is 0.227. The van der Waals surface area contributed by atoms with E-state index in [1.807, 2.05) is 37.3 Å². The Kier molecular flexibility index (Phi) is 5.91. The van der Waals surface area contributed by atoms with Gasteiger partial charge in [0.25, 0.3) is 10.0 Å². The van der Waals surface area contributed by atoms with E-state index >= 15 is 0 Å². The first-order valence-corrected chi connectivity index (χ1v) is 10.5. The smallest absolute Gasteiger partial charge is 0.264 e. The van der Waals surface area contributed by atoms with Crippen molar-refractivity contribution in [2.45, 2.75) is 31.1 Å². The topological polar surface area (TPSA) is 54.5 Å². The van der Waals surface area contributed by atoms with Gasteiger partial charge in [0.15, 0.2) is 0 Å². The third-order valence-electron chi connectivity index (χ3n) is 4.50. The maximum atomic E-state index is 13.0. The molecule has 0 amide bonds. The van der Waals surface area contributed by atoms with Crippen LogP contribution in [0.25, 0.3) is 0 Å². The van der Waals surface area contributed by atoms with Crippen molar-refractivity contribution in [1.29, 1.82) is 0 Å². The summed E-state index contributed by atoms with van der Waals surface area (Å²) in [5.74, 6) is -0.277.